The number of aromatic nitrogens is 1. The topological polar surface area (TPSA) is 24.9 Å². The lowest BCUT2D eigenvalue weighted by molar-refractivity contribution is 0.540. The molecule has 0 saturated heterocycles. The molecule has 0 saturated carbocycles. The van der Waals surface area contributed by atoms with Crippen molar-refractivity contribution < 1.29 is 0 Å². The molecule has 2 nitrogen and oxygen atoms in total. The Kier molecular flexibility index (Phi) is 4.32. The molecule has 1 N–H and O–H groups in total. The van der Waals surface area contributed by atoms with Gasteiger partial charge in [-0.3, -0.25) is 0 Å². The Morgan fingerprint density at radius 2 is 1.95 bits per heavy atom. The van der Waals surface area contributed by atoms with Gasteiger partial charge in [0.2, 0.25) is 0 Å². The number of hydrogen-bond donors (Lipinski definition) is 1. The molecule has 1 unspecified atom stereocenters. The number of fused-ring (bicyclic) bond motifs is 1. The first-order valence-electron chi connectivity index (χ1n) is 7.40. The summed E-state index contributed by atoms with van der Waals surface area (Å²) in [7, 11) is 0. The first-order valence-corrected chi connectivity index (χ1v) is 8.28. The van der Waals surface area contributed by atoms with E-state index in [1.807, 2.05) is 0 Å². The Hall–Kier alpha value is -1.71. The zero-order valence-electron chi connectivity index (χ0n) is 12.5. The lowest BCUT2D eigenvalue weighted by Crippen LogP contribution is -2.23. The Labute approximate surface area is 129 Å². The number of nitrogens with one attached hydrogen (secondary N) is 1. The van der Waals surface area contributed by atoms with E-state index in [4.69, 9.17) is 0 Å². The van der Waals surface area contributed by atoms with Crippen LogP contribution in [-0.4, -0.2) is 11.5 Å². The zero-order valence-corrected chi connectivity index (χ0v) is 13.3. The van der Waals surface area contributed by atoms with Crippen LogP contribution in [0.25, 0.3) is 10.8 Å². The van der Waals surface area contributed by atoms with Crippen LogP contribution in [0.3, 0.4) is 0 Å². The molecular weight excluding hydrogens is 276 g/mol. The third kappa shape index (κ3) is 3.14. The fourth-order valence-electron chi connectivity index (χ4n) is 2.76. The molecule has 0 aliphatic carbocycles. The average molecular weight is 296 g/mol. The van der Waals surface area contributed by atoms with Gasteiger partial charge in [0.1, 0.15) is 0 Å². The summed E-state index contributed by atoms with van der Waals surface area (Å²) in [4.78, 5) is 4.66. The number of benzene rings is 2. The van der Waals surface area contributed by atoms with E-state index in [1.54, 1.807) is 11.3 Å². The number of hydrogen-bond acceptors (Lipinski definition) is 3. The molecular formula is C18H20N2S. The summed E-state index contributed by atoms with van der Waals surface area (Å²) in [5, 5.41) is 9.52. The molecule has 3 heteroatoms. The van der Waals surface area contributed by atoms with E-state index in [1.165, 1.54) is 16.3 Å². The van der Waals surface area contributed by atoms with E-state index < -0.39 is 0 Å². The quantitative estimate of drug-likeness (QED) is 0.750. The standard InChI is InChI=1S/C18H20N2S/c1-3-19-17(18-12-21-13(2)20-18)11-15-9-6-8-14-7-4-5-10-16(14)15/h4-10,12,17,19H,3,11H2,1-2H3. The summed E-state index contributed by atoms with van der Waals surface area (Å²) in [5.41, 5.74) is 2.54. The van der Waals surface area contributed by atoms with Gasteiger partial charge in [-0.15, -0.1) is 11.3 Å². The predicted molar refractivity (Wildman–Crippen MR) is 90.9 cm³/mol. The normalized spacial score (nSPS) is 12.7. The van der Waals surface area contributed by atoms with Gasteiger partial charge in [-0.05, 0) is 36.2 Å². The van der Waals surface area contributed by atoms with Crippen molar-refractivity contribution in [1.82, 2.24) is 10.3 Å². The third-order valence-electron chi connectivity index (χ3n) is 3.75. The number of aryl methyl sites for hydroxylation is 1. The van der Waals surface area contributed by atoms with E-state index in [0.717, 1.165) is 23.7 Å². The van der Waals surface area contributed by atoms with E-state index in [0.29, 0.717) is 0 Å². The molecule has 0 spiro atoms. The molecule has 0 fully saturated rings. The summed E-state index contributed by atoms with van der Waals surface area (Å²) in [6.07, 6.45) is 0.971. The smallest absolute Gasteiger partial charge is 0.0898 e. The van der Waals surface area contributed by atoms with Crippen LogP contribution in [0.2, 0.25) is 0 Å². The summed E-state index contributed by atoms with van der Waals surface area (Å²) in [5.74, 6) is 0. The average Bonchev–Trinajstić information content (AvgIpc) is 2.94. The van der Waals surface area contributed by atoms with Crippen molar-refractivity contribution in [3.8, 4) is 0 Å². The van der Waals surface area contributed by atoms with Gasteiger partial charge >= 0.3 is 0 Å². The molecule has 0 amide bonds. The van der Waals surface area contributed by atoms with Gasteiger partial charge in [0, 0.05) is 5.38 Å². The van der Waals surface area contributed by atoms with Gasteiger partial charge in [-0.1, -0.05) is 49.4 Å². The molecule has 0 radical (unpaired) electrons. The van der Waals surface area contributed by atoms with Crippen molar-refractivity contribution in [2.24, 2.45) is 0 Å². The lowest BCUT2D eigenvalue weighted by Gasteiger charge is -2.17. The van der Waals surface area contributed by atoms with Crippen LogP contribution in [0, 0.1) is 6.92 Å². The van der Waals surface area contributed by atoms with Crippen LogP contribution in [0.5, 0.6) is 0 Å². The van der Waals surface area contributed by atoms with Crippen LogP contribution in [0.4, 0.5) is 0 Å². The fourth-order valence-corrected chi connectivity index (χ4v) is 3.42. The summed E-state index contributed by atoms with van der Waals surface area (Å²) < 4.78 is 0. The highest BCUT2D eigenvalue weighted by Gasteiger charge is 2.15. The molecule has 0 aliphatic rings. The Bertz CT molecular complexity index is 727. The summed E-state index contributed by atoms with van der Waals surface area (Å²) in [6, 6.07) is 15.4. The van der Waals surface area contributed by atoms with E-state index in [-0.39, 0.29) is 6.04 Å². The predicted octanol–water partition coefficient (Wildman–Crippen LogP) is 4.50. The second kappa shape index (κ2) is 6.37. The van der Waals surface area contributed by atoms with Crippen LogP contribution in [0.15, 0.2) is 47.8 Å². The van der Waals surface area contributed by atoms with Crippen molar-refractivity contribution >= 4 is 22.1 Å². The van der Waals surface area contributed by atoms with Crippen molar-refractivity contribution in [1.29, 1.82) is 0 Å². The molecule has 21 heavy (non-hydrogen) atoms. The van der Waals surface area contributed by atoms with Crippen LogP contribution >= 0.6 is 11.3 Å². The molecule has 108 valence electrons. The first-order chi connectivity index (χ1) is 10.3. The SMILES string of the molecule is CCNC(Cc1cccc2ccccc12)c1csc(C)n1. The van der Waals surface area contributed by atoms with Gasteiger partial charge in [0.15, 0.2) is 0 Å². The Balaban J connectivity index is 1.94. The maximum absolute atomic E-state index is 4.66. The maximum atomic E-state index is 4.66. The van der Waals surface area contributed by atoms with Gasteiger partial charge in [0.25, 0.3) is 0 Å². The highest BCUT2D eigenvalue weighted by Crippen LogP contribution is 2.25. The number of rotatable bonds is 5. The minimum Gasteiger partial charge on any atom is -0.309 e. The van der Waals surface area contributed by atoms with Crippen molar-refractivity contribution in [3.63, 3.8) is 0 Å². The maximum Gasteiger partial charge on any atom is 0.0898 e. The summed E-state index contributed by atoms with van der Waals surface area (Å²) in [6.45, 7) is 5.16. The van der Waals surface area contributed by atoms with Crippen molar-refractivity contribution in [2.45, 2.75) is 26.3 Å². The zero-order chi connectivity index (χ0) is 14.7. The van der Waals surface area contributed by atoms with Crippen LogP contribution < -0.4 is 5.32 Å². The van der Waals surface area contributed by atoms with E-state index in [2.05, 4.69) is 72.0 Å². The fraction of sp³-hybridized carbons (Fsp3) is 0.278. The highest BCUT2D eigenvalue weighted by molar-refractivity contribution is 7.09. The van der Waals surface area contributed by atoms with E-state index >= 15 is 0 Å². The monoisotopic (exact) mass is 296 g/mol. The van der Waals surface area contributed by atoms with Gasteiger partial charge in [-0.25, -0.2) is 4.98 Å². The number of thiazole rings is 1. The highest BCUT2D eigenvalue weighted by atomic mass is 32.1. The molecule has 2 aromatic carbocycles. The first kappa shape index (κ1) is 14.2. The molecule has 1 atom stereocenters. The minimum absolute atomic E-state index is 0.283. The van der Waals surface area contributed by atoms with Gasteiger partial charge in [0.05, 0.1) is 16.7 Å². The van der Waals surface area contributed by atoms with Crippen molar-refractivity contribution in [3.05, 3.63) is 64.1 Å². The molecule has 1 heterocycles. The van der Waals surface area contributed by atoms with Crippen molar-refractivity contribution in [2.75, 3.05) is 6.54 Å². The second-order valence-electron chi connectivity index (χ2n) is 5.24. The summed E-state index contributed by atoms with van der Waals surface area (Å²) >= 11 is 1.72. The number of likely N-dealkylation sites (N-methyl/N-ethyl adjacent to an activating group) is 1. The second-order valence-corrected chi connectivity index (χ2v) is 6.31. The number of nitrogens with zero attached hydrogens (tertiary/aromatic N) is 1. The Morgan fingerprint density at radius 1 is 1.14 bits per heavy atom. The molecule has 3 rings (SSSR count). The molecule has 3 aromatic rings. The molecule has 0 aliphatic heterocycles. The van der Waals surface area contributed by atoms with Gasteiger partial charge in [-0.2, -0.15) is 0 Å². The van der Waals surface area contributed by atoms with E-state index in [9.17, 15) is 0 Å². The van der Waals surface area contributed by atoms with Crippen LogP contribution in [-0.2, 0) is 6.42 Å². The Morgan fingerprint density at radius 3 is 2.71 bits per heavy atom. The minimum atomic E-state index is 0.283. The molecule has 0 bridgehead atoms. The third-order valence-corrected chi connectivity index (χ3v) is 4.54. The van der Waals surface area contributed by atoms with Gasteiger partial charge < -0.3 is 5.32 Å². The van der Waals surface area contributed by atoms with Crippen LogP contribution in [0.1, 0.15) is 29.2 Å². The lowest BCUT2D eigenvalue weighted by atomic mass is 9.97. The molecule has 1 aromatic heterocycles. The largest absolute Gasteiger partial charge is 0.309 e.